The highest BCUT2D eigenvalue weighted by atomic mass is 19.1. The van der Waals surface area contributed by atoms with Crippen molar-refractivity contribution < 1.29 is 13.9 Å². The van der Waals surface area contributed by atoms with Crippen molar-refractivity contribution in [2.24, 2.45) is 0 Å². The molecule has 42 heavy (non-hydrogen) atoms. The molecule has 0 unspecified atom stereocenters. The van der Waals surface area contributed by atoms with Gasteiger partial charge in [-0.15, -0.1) is 0 Å². The number of aromatic nitrogens is 6. The fraction of sp³-hybridized carbons (Fsp3) is 0.138. The summed E-state index contributed by atoms with van der Waals surface area (Å²) in [6, 6.07) is 8.80. The molecule has 3 aromatic heterocycles. The van der Waals surface area contributed by atoms with Crippen molar-refractivity contribution in [3.8, 4) is 33.8 Å². The van der Waals surface area contributed by atoms with Crippen molar-refractivity contribution in [1.29, 1.82) is 5.41 Å². The number of amides is 1. The van der Waals surface area contributed by atoms with E-state index in [-0.39, 0.29) is 29.0 Å². The van der Waals surface area contributed by atoms with Gasteiger partial charge in [-0.25, -0.2) is 14.4 Å². The van der Waals surface area contributed by atoms with Gasteiger partial charge in [0.25, 0.3) is 5.91 Å². The lowest BCUT2D eigenvalue weighted by atomic mass is 10.0. The maximum atomic E-state index is 13.5. The number of halogens is 1. The number of nitrogens with one attached hydrogen (secondary N) is 4. The number of aromatic amines is 1. The number of ether oxygens (including phenoxy) is 1. The minimum atomic E-state index is -0.799. The fourth-order valence-electron chi connectivity index (χ4n) is 4.12. The molecule has 0 aliphatic rings. The third-order valence-corrected chi connectivity index (χ3v) is 6.30. The number of carbonyl (C=O) groups is 1. The van der Waals surface area contributed by atoms with Crippen molar-refractivity contribution in [1.82, 2.24) is 29.9 Å². The van der Waals surface area contributed by atoms with Gasteiger partial charge >= 0.3 is 0 Å². The molecule has 0 fully saturated rings. The quantitative estimate of drug-likeness (QED) is 0.183. The zero-order chi connectivity index (χ0) is 29.8. The summed E-state index contributed by atoms with van der Waals surface area (Å²) in [5.74, 6) is -0.609. The number of nitrogens with zero attached hydrogens (tertiary/aromatic N) is 5. The molecule has 0 aliphatic carbocycles. The number of anilines is 2. The highest BCUT2D eigenvalue weighted by Gasteiger charge is 2.20. The molecule has 0 radical (unpaired) electrons. The number of hydrogen-bond donors (Lipinski definition) is 4. The van der Waals surface area contributed by atoms with Crippen LogP contribution in [0.3, 0.4) is 0 Å². The molecule has 4 N–H and O–H groups in total. The normalized spacial score (nSPS) is 10.9. The molecule has 0 saturated carbocycles. The summed E-state index contributed by atoms with van der Waals surface area (Å²) >= 11 is 0. The van der Waals surface area contributed by atoms with E-state index in [0.29, 0.717) is 22.4 Å². The molecule has 5 aromatic rings. The first-order chi connectivity index (χ1) is 20.3. The van der Waals surface area contributed by atoms with E-state index in [0.717, 1.165) is 11.3 Å². The largest absolute Gasteiger partial charge is 0.453 e. The molecule has 3 heterocycles. The van der Waals surface area contributed by atoms with Crippen LogP contribution in [0.15, 0.2) is 72.2 Å². The van der Waals surface area contributed by atoms with Crippen molar-refractivity contribution >= 4 is 23.8 Å². The first kappa shape index (κ1) is 27.8. The van der Waals surface area contributed by atoms with Gasteiger partial charge in [0.15, 0.2) is 11.4 Å². The van der Waals surface area contributed by atoms with Gasteiger partial charge in [0.1, 0.15) is 11.6 Å². The van der Waals surface area contributed by atoms with Crippen LogP contribution in [-0.2, 0) is 0 Å². The van der Waals surface area contributed by atoms with Gasteiger partial charge in [-0.3, -0.25) is 24.7 Å². The van der Waals surface area contributed by atoms with Gasteiger partial charge in [-0.2, -0.15) is 10.2 Å². The summed E-state index contributed by atoms with van der Waals surface area (Å²) in [4.78, 5) is 34.7. The van der Waals surface area contributed by atoms with Gasteiger partial charge < -0.3 is 15.5 Å². The van der Waals surface area contributed by atoms with E-state index in [1.54, 1.807) is 25.5 Å². The van der Waals surface area contributed by atoms with Crippen LogP contribution in [-0.4, -0.2) is 49.1 Å². The van der Waals surface area contributed by atoms with E-state index in [1.807, 2.05) is 19.9 Å². The minimum Gasteiger partial charge on any atom is -0.453 e. The molecule has 13 heteroatoms. The first-order valence-electron chi connectivity index (χ1n) is 12.8. The lowest BCUT2D eigenvalue weighted by molar-refractivity contribution is 0.101. The third-order valence-electron chi connectivity index (χ3n) is 6.30. The molecule has 0 bridgehead atoms. The Morgan fingerprint density at radius 1 is 1.10 bits per heavy atom. The van der Waals surface area contributed by atoms with Crippen LogP contribution in [0.5, 0.6) is 11.5 Å². The van der Waals surface area contributed by atoms with Crippen LogP contribution in [0.1, 0.15) is 35.9 Å². The van der Waals surface area contributed by atoms with Crippen LogP contribution in [0.25, 0.3) is 22.3 Å². The molecular formula is C29H26FN9O3. The van der Waals surface area contributed by atoms with Crippen molar-refractivity contribution in [2.45, 2.75) is 19.9 Å². The smallest absolute Gasteiger partial charge is 0.282 e. The van der Waals surface area contributed by atoms with Crippen LogP contribution in [0, 0.1) is 11.2 Å². The van der Waals surface area contributed by atoms with E-state index >= 15 is 0 Å². The van der Waals surface area contributed by atoms with Gasteiger partial charge in [0.05, 0.1) is 18.6 Å². The average Bonchev–Trinajstić information content (AvgIpc) is 3.53. The second-order valence-electron chi connectivity index (χ2n) is 9.42. The number of benzene rings is 2. The lowest BCUT2D eigenvalue weighted by Gasteiger charge is -2.15. The van der Waals surface area contributed by atoms with E-state index in [9.17, 15) is 14.0 Å². The SMILES string of the molecule is CNc1cc(-c2cn[nH]c2)c(Oc2cnc(NC(=O)c3nn(C(C)C)cc(-c4ccc(F)cc4)c3=O)nc2)cc1C=N. The molecule has 0 aliphatic heterocycles. The Bertz CT molecular complexity index is 1800. The van der Waals surface area contributed by atoms with Crippen LogP contribution in [0.4, 0.5) is 16.0 Å². The Morgan fingerprint density at radius 2 is 1.83 bits per heavy atom. The van der Waals surface area contributed by atoms with Crippen molar-refractivity contribution in [3.05, 3.63) is 94.7 Å². The minimum absolute atomic E-state index is 0.0717. The second kappa shape index (κ2) is 11.8. The fourth-order valence-corrected chi connectivity index (χ4v) is 4.12. The van der Waals surface area contributed by atoms with Gasteiger partial charge in [-0.05, 0) is 43.7 Å². The summed E-state index contributed by atoms with van der Waals surface area (Å²) in [6.45, 7) is 3.70. The molecule has 0 spiro atoms. The van der Waals surface area contributed by atoms with E-state index in [1.165, 1.54) is 53.8 Å². The number of H-pyrrole nitrogens is 1. The summed E-state index contributed by atoms with van der Waals surface area (Å²) in [7, 11) is 1.76. The average molecular weight is 568 g/mol. The van der Waals surface area contributed by atoms with Gasteiger partial charge in [0, 0.05) is 59.6 Å². The first-order valence-corrected chi connectivity index (χ1v) is 12.8. The molecule has 12 nitrogen and oxygen atoms in total. The van der Waals surface area contributed by atoms with Gasteiger partial charge in [-0.1, -0.05) is 12.1 Å². The molecule has 5 rings (SSSR count). The molecule has 2 aromatic carbocycles. The maximum Gasteiger partial charge on any atom is 0.282 e. The molecule has 0 saturated heterocycles. The Balaban J connectivity index is 1.41. The van der Waals surface area contributed by atoms with Gasteiger partial charge in [0.2, 0.25) is 11.4 Å². The lowest BCUT2D eigenvalue weighted by Crippen LogP contribution is -2.28. The Kier molecular flexibility index (Phi) is 7.82. The molecule has 0 atom stereocenters. The van der Waals surface area contributed by atoms with E-state index < -0.39 is 17.2 Å². The topological polar surface area (TPSA) is 164 Å². The molecule has 212 valence electrons. The summed E-state index contributed by atoms with van der Waals surface area (Å²) in [6.07, 6.45) is 8.84. The van der Waals surface area contributed by atoms with Crippen LogP contribution < -0.4 is 20.8 Å². The second-order valence-corrected chi connectivity index (χ2v) is 9.42. The Hall–Kier alpha value is -5.72. The molecular weight excluding hydrogens is 541 g/mol. The molecule has 1 amide bonds. The maximum absolute atomic E-state index is 13.5. The van der Waals surface area contributed by atoms with Crippen molar-refractivity contribution in [2.75, 3.05) is 17.7 Å². The third kappa shape index (κ3) is 5.75. The van der Waals surface area contributed by atoms with E-state index in [4.69, 9.17) is 10.1 Å². The van der Waals surface area contributed by atoms with Crippen molar-refractivity contribution in [3.63, 3.8) is 0 Å². The summed E-state index contributed by atoms with van der Waals surface area (Å²) < 4.78 is 21.0. The zero-order valence-corrected chi connectivity index (χ0v) is 22.8. The summed E-state index contributed by atoms with van der Waals surface area (Å²) in [5, 5.41) is 24.3. The highest BCUT2D eigenvalue weighted by Crippen LogP contribution is 2.36. The predicted molar refractivity (Wildman–Crippen MR) is 156 cm³/mol. The Morgan fingerprint density at radius 3 is 2.45 bits per heavy atom. The van der Waals surface area contributed by atoms with Crippen LogP contribution >= 0.6 is 0 Å². The number of rotatable bonds is 9. The zero-order valence-electron chi connectivity index (χ0n) is 22.8. The number of hydrogen-bond acceptors (Lipinski definition) is 9. The predicted octanol–water partition coefficient (Wildman–Crippen LogP) is 4.89. The standard InChI is InChI=1S/C29H26FN9O3/c1-16(2)39-15-23(17-4-6-20(30)7-5-17)27(40)26(38-39)28(41)37-29-33-13-21(14-34-29)42-25-8-18(10-31)24(32-3)9-22(25)19-11-35-36-12-19/h4-16,31-32H,1-3H3,(H,35,36)(H,33,34,37,41). The number of carbonyl (C=O) groups excluding carboxylic acids is 1. The Labute approximate surface area is 239 Å². The highest BCUT2D eigenvalue weighted by molar-refractivity contribution is 6.02. The summed E-state index contributed by atoms with van der Waals surface area (Å²) in [5.41, 5.74) is 2.50. The van der Waals surface area contributed by atoms with Crippen LogP contribution in [0.2, 0.25) is 0 Å². The monoisotopic (exact) mass is 567 g/mol. The van der Waals surface area contributed by atoms with E-state index in [2.05, 4.69) is 35.9 Å².